The largest absolute Gasteiger partial charge is 0.319 e. The van der Waals surface area contributed by atoms with Gasteiger partial charge in [-0.2, -0.15) is 5.10 Å². The molecule has 1 amide bonds. The van der Waals surface area contributed by atoms with Crippen molar-refractivity contribution in [3.05, 3.63) is 46.0 Å². The minimum atomic E-state index is -2.32. The molecule has 0 aliphatic heterocycles. The van der Waals surface area contributed by atoms with Crippen LogP contribution in [-0.2, 0) is 0 Å². The van der Waals surface area contributed by atoms with Crippen molar-refractivity contribution in [1.29, 1.82) is 0 Å². The zero-order chi connectivity index (χ0) is 15.9. The SMILES string of the molecule is Cc1n[nH]c(C)c1NC(=O)c1c(F)c(F)c(F)c(F)c1F. The average Bonchev–Trinajstić information content (AvgIpc) is 2.75. The number of hydrogen-bond acceptors (Lipinski definition) is 2. The third-order valence-corrected chi connectivity index (χ3v) is 2.80. The van der Waals surface area contributed by atoms with Crippen LogP contribution in [-0.4, -0.2) is 16.1 Å². The molecule has 0 atom stereocenters. The molecule has 2 rings (SSSR count). The number of carbonyl (C=O) groups is 1. The maximum Gasteiger partial charge on any atom is 0.261 e. The highest BCUT2D eigenvalue weighted by Gasteiger charge is 2.30. The predicted octanol–water partition coefficient (Wildman–Crippen LogP) is 2.97. The fourth-order valence-corrected chi connectivity index (χ4v) is 1.72. The molecule has 0 saturated carbocycles. The number of nitrogens with one attached hydrogen (secondary N) is 2. The molecule has 9 heteroatoms. The Kier molecular flexibility index (Phi) is 3.67. The normalized spacial score (nSPS) is 10.8. The maximum absolute atomic E-state index is 13.5. The molecule has 0 aliphatic rings. The molecule has 21 heavy (non-hydrogen) atoms. The molecule has 0 saturated heterocycles. The molecular formula is C12H8F5N3O. The van der Waals surface area contributed by atoms with Gasteiger partial charge < -0.3 is 5.32 Å². The molecule has 2 aromatic rings. The van der Waals surface area contributed by atoms with Crippen LogP contribution in [0.25, 0.3) is 0 Å². The average molecular weight is 305 g/mol. The van der Waals surface area contributed by atoms with Crippen LogP contribution in [0.2, 0.25) is 0 Å². The van der Waals surface area contributed by atoms with Gasteiger partial charge in [-0.1, -0.05) is 0 Å². The zero-order valence-electron chi connectivity index (χ0n) is 10.7. The number of benzene rings is 1. The fraction of sp³-hybridized carbons (Fsp3) is 0.167. The molecule has 1 aromatic carbocycles. The third kappa shape index (κ3) is 2.34. The summed E-state index contributed by atoms with van der Waals surface area (Å²) in [6, 6.07) is 0. The second-order valence-corrected chi connectivity index (χ2v) is 4.21. The van der Waals surface area contributed by atoms with Crippen molar-refractivity contribution >= 4 is 11.6 Å². The van der Waals surface area contributed by atoms with Gasteiger partial charge in [-0.15, -0.1) is 0 Å². The Labute approximate surface area is 115 Å². The molecule has 0 unspecified atom stereocenters. The third-order valence-electron chi connectivity index (χ3n) is 2.80. The second kappa shape index (κ2) is 5.15. The number of carbonyl (C=O) groups excluding carboxylic acids is 1. The van der Waals surface area contributed by atoms with Gasteiger partial charge in [0.2, 0.25) is 5.82 Å². The first-order chi connectivity index (χ1) is 9.75. The first-order valence-electron chi connectivity index (χ1n) is 5.60. The summed E-state index contributed by atoms with van der Waals surface area (Å²) >= 11 is 0. The van der Waals surface area contributed by atoms with E-state index in [-0.39, 0.29) is 5.69 Å². The van der Waals surface area contributed by atoms with Gasteiger partial charge in [0, 0.05) is 0 Å². The molecule has 0 aliphatic carbocycles. The van der Waals surface area contributed by atoms with E-state index in [1.54, 1.807) is 0 Å². The van der Waals surface area contributed by atoms with Crippen LogP contribution >= 0.6 is 0 Å². The summed E-state index contributed by atoms with van der Waals surface area (Å²) in [7, 11) is 0. The summed E-state index contributed by atoms with van der Waals surface area (Å²) in [5, 5.41) is 8.28. The van der Waals surface area contributed by atoms with Crippen LogP contribution in [0.3, 0.4) is 0 Å². The van der Waals surface area contributed by atoms with Gasteiger partial charge >= 0.3 is 0 Å². The number of aryl methyl sites for hydroxylation is 2. The van der Waals surface area contributed by atoms with Crippen LogP contribution in [0.15, 0.2) is 0 Å². The van der Waals surface area contributed by atoms with Crippen molar-refractivity contribution in [2.75, 3.05) is 5.32 Å². The molecule has 1 heterocycles. The van der Waals surface area contributed by atoms with Crippen LogP contribution in [0.1, 0.15) is 21.7 Å². The van der Waals surface area contributed by atoms with Crippen LogP contribution < -0.4 is 5.32 Å². The number of aromatic nitrogens is 2. The lowest BCUT2D eigenvalue weighted by atomic mass is 10.1. The molecule has 0 spiro atoms. The summed E-state index contributed by atoms with van der Waals surface area (Å²) in [6.07, 6.45) is 0. The van der Waals surface area contributed by atoms with Crippen LogP contribution in [0.4, 0.5) is 27.6 Å². The van der Waals surface area contributed by atoms with Crippen molar-refractivity contribution in [2.24, 2.45) is 0 Å². The van der Waals surface area contributed by atoms with Gasteiger partial charge in [0.05, 0.1) is 17.1 Å². The van der Waals surface area contributed by atoms with Crippen molar-refractivity contribution < 1.29 is 26.7 Å². The Morgan fingerprint density at radius 2 is 1.43 bits per heavy atom. The Hall–Kier alpha value is -2.45. The van der Waals surface area contributed by atoms with E-state index in [1.807, 2.05) is 0 Å². The highest BCUT2D eigenvalue weighted by atomic mass is 19.2. The first kappa shape index (κ1) is 14.9. The van der Waals surface area contributed by atoms with Crippen molar-refractivity contribution in [3.63, 3.8) is 0 Å². The predicted molar refractivity (Wildman–Crippen MR) is 62.2 cm³/mol. The van der Waals surface area contributed by atoms with Crippen molar-refractivity contribution in [3.8, 4) is 0 Å². The molecular weight excluding hydrogens is 297 g/mol. The standard InChI is InChI=1S/C12H8F5N3O/c1-3-11(4(2)20-19-3)18-12(21)5-6(13)8(15)10(17)9(16)7(5)14/h1-2H3,(H,18,21)(H,19,20). The van der Waals surface area contributed by atoms with E-state index < -0.39 is 40.6 Å². The van der Waals surface area contributed by atoms with E-state index in [0.29, 0.717) is 11.4 Å². The quantitative estimate of drug-likeness (QED) is 0.509. The van der Waals surface area contributed by atoms with Crippen molar-refractivity contribution in [2.45, 2.75) is 13.8 Å². The number of anilines is 1. The number of halogens is 5. The molecule has 112 valence electrons. The number of hydrogen-bond donors (Lipinski definition) is 2. The highest BCUT2D eigenvalue weighted by Crippen LogP contribution is 2.25. The van der Waals surface area contributed by atoms with Gasteiger partial charge in [0.1, 0.15) is 5.56 Å². The van der Waals surface area contributed by atoms with Gasteiger partial charge in [-0.25, -0.2) is 22.0 Å². The smallest absolute Gasteiger partial charge is 0.261 e. The lowest BCUT2D eigenvalue weighted by Crippen LogP contribution is -2.19. The number of nitrogens with zero attached hydrogens (tertiary/aromatic N) is 1. The Morgan fingerprint density at radius 1 is 0.952 bits per heavy atom. The van der Waals surface area contributed by atoms with E-state index in [1.165, 1.54) is 13.8 Å². The molecule has 0 fully saturated rings. The monoisotopic (exact) mass is 305 g/mol. The van der Waals surface area contributed by atoms with E-state index in [2.05, 4.69) is 15.5 Å². The first-order valence-corrected chi connectivity index (χ1v) is 5.60. The Bertz CT molecular complexity index is 692. The number of aromatic amines is 1. The van der Waals surface area contributed by atoms with E-state index >= 15 is 0 Å². The molecule has 0 radical (unpaired) electrons. The minimum absolute atomic E-state index is 0.101. The Balaban J connectivity index is 2.50. The van der Waals surface area contributed by atoms with Gasteiger partial charge in [0.25, 0.3) is 5.91 Å². The van der Waals surface area contributed by atoms with Gasteiger partial charge in [-0.05, 0) is 13.8 Å². The van der Waals surface area contributed by atoms with Gasteiger partial charge in [0.15, 0.2) is 23.3 Å². The Morgan fingerprint density at radius 3 is 1.86 bits per heavy atom. The number of rotatable bonds is 2. The molecule has 4 nitrogen and oxygen atoms in total. The molecule has 1 aromatic heterocycles. The summed E-state index contributed by atoms with van der Waals surface area (Å²) in [4.78, 5) is 11.8. The number of amides is 1. The van der Waals surface area contributed by atoms with Crippen molar-refractivity contribution in [1.82, 2.24) is 10.2 Å². The summed E-state index contributed by atoms with van der Waals surface area (Å²) in [5.74, 6) is -12.5. The highest BCUT2D eigenvalue weighted by molar-refractivity contribution is 6.05. The molecule has 0 bridgehead atoms. The van der Waals surface area contributed by atoms with Gasteiger partial charge in [-0.3, -0.25) is 9.89 Å². The van der Waals surface area contributed by atoms with Crippen LogP contribution in [0, 0.1) is 42.9 Å². The zero-order valence-corrected chi connectivity index (χ0v) is 10.7. The summed E-state index contributed by atoms with van der Waals surface area (Å²) in [5.41, 5.74) is -0.787. The fourth-order valence-electron chi connectivity index (χ4n) is 1.72. The summed E-state index contributed by atoms with van der Waals surface area (Å²) in [6.45, 7) is 2.99. The molecule has 2 N–H and O–H groups in total. The number of H-pyrrole nitrogens is 1. The van der Waals surface area contributed by atoms with E-state index in [4.69, 9.17) is 0 Å². The lowest BCUT2D eigenvalue weighted by Gasteiger charge is -2.09. The topological polar surface area (TPSA) is 57.8 Å². The minimum Gasteiger partial charge on any atom is -0.319 e. The van der Waals surface area contributed by atoms with E-state index in [9.17, 15) is 26.7 Å². The lowest BCUT2D eigenvalue weighted by molar-refractivity contribution is 0.101. The summed E-state index contributed by atoms with van der Waals surface area (Å²) < 4.78 is 65.9. The second-order valence-electron chi connectivity index (χ2n) is 4.21. The van der Waals surface area contributed by atoms with Crippen LogP contribution in [0.5, 0.6) is 0 Å². The maximum atomic E-state index is 13.5. The van der Waals surface area contributed by atoms with E-state index in [0.717, 1.165) is 0 Å².